The van der Waals surface area contributed by atoms with Crippen molar-refractivity contribution >= 4 is 33.7 Å². The molecule has 0 aliphatic heterocycles. The second-order valence-corrected chi connectivity index (χ2v) is 3.48. The first-order valence-electron chi connectivity index (χ1n) is 3.71. The van der Waals surface area contributed by atoms with Crippen LogP contribution in [0.4, 0.5) is 11.4 Å². The number of nitrogens with one attached hydrogen (secondary N) is 1. The fraction of sp³-hybridized carbons (Fsp3) is 0.125. The molecular formula is C8H7BrN2O3. The quantitative estimate of drug-likeness (QED) is 0.514. The Bertz CT molecular complexity index is 392. The van der Waals surface area contributed by atoms with Crippen molar-refractivity contribution in [1.82, 2.24) is 0 Å². The number of nitrogens with zero attached hydrogens (tertiary/aromatic N) is 1. The fourth-order valence-corrected chi connectivity index (χ4v) is 1.46. The van der Waals surface area contributed by atoms with Crippen molar-refractivity contribution in [3.8, 4) is 0 Å². The zero-order chi connectivity index (χ0) is 10.7. The van der Waals surface area contributed by atoms with E-state index in [2.05, 4.69) is 21.2 Å². The summed E-state index contributed by atoms with van der Waals surface area (Å²) >= 11 is 3.17. The monoisotopic (exact) mass is 258 g/mol. The number of carbonyl (C=O) groups is 1. The molecule has 6 heteroatoms. The van der Waals surface area contributed by atoms with Gasteiger partial charge in [0.1, 0.15) is 0 Å². The standard InChI is InChI=1S/C8H7BrN2O3/c1-5-7(9)2-6(10-4-12)3-8(5)11(13)14/h2-4H,1H3,(H,10,12). The van der Waals surface area contributed by atoms with Gasteiger partial charge in [-0.3, -0.25) is 14.9 Å². The summed E-state index contributed by atoms with van der Waals surface area (Å²) in [4.78, 5) is 20.3. The van der Waals surface area contributed by atoms with E-state index in [9.17, 15) is 14.9 Å². The van der Waals surface area contributed by atoms with Crippen LogP contribution in [0, 0.1) is 17.0 Å². The van der Waals surface area contributed by atoms with Crippen molar-refractivity contribution in [2.24, 2.45) is 0 Å². The molecule has 0 aliphatic rings. The number of halogens is 1. The van der Waals surface area contributed by atoms with Gasteiger partial charge in [-0.25, -0.2) is 0 Å². The van der Waals surface area contributed by atoms with Crippen LogP contribution in [0.1, 0.15) is 5.56 Å². The predicted molar refractivity (Wildman–Crippen MR) is 55.2 cm³/mol. The lowest BCUT2D eigenvalue weighted by Crippen LogP contribution is -1.98. The molecule has 0 heterocycles. The van der Waals surface area contributed by atoms with Gasteiger partial charge in [-0.2, -0.15) is 0 Å². The van der Waals surface area contributed by atoms with E-state index in [1.54, 1.807) is 13.0 Å². The Morgan fingerprint density at radius 1 is 1.57 bits per heavy atom. The van der Waals surface area contributed by atoms with E-state index in [0.717, 1.165) is 0 Å². The molecular weight excluding hydrogens is 252 g/mol. The number of rotatable bonds is 3. The van der Waals surface area contributed by atoms with Crippen LogP contribution < -0.4 is 5.32 Å². The number of amides is 1. The summed E-state index contributed by atoms with van der Waals surface area (Å²) in [5.74, 6) is 0. The van der Waals surface area contributed by atoms with Gasteiger partial charge in [0.15, 0.2) is 0 Å². The Hall–Kier alpha value is -1.43. The smallest absolute Gasteiger partial charge is 0.275 e. The average Bonchev–Trinajstić information content (AvgIpc) is 2.11. The van der Waals surface area contributed by atoms with Crippen LogP contribution in [0.2, 0.25) is 0 Å². The van der Waals surface area contributed by atoms with E-state index < -0.39 is 4.92 Å². The van der Waals surface area contributed by atoms with Crippen molar-refractivity contribution < 1.29 is 9.72 Å². The second kappa shape index (κ2) is 4.19. The van der Waals surface area contributed by atoms with Crippen LogP contribution >= 0.6 is 15.9 Å². The maximum absolute atomic E-state index is 10.6. The number of hydrogen-bond donors (Lipinski definition) is 1. The fourth-order valence-electron chi connectivity index (χ4n) is 1.01. The molecule has 1 N–H and O–H groups in total. The summed E-state index contributed by atoms with van der Waals surface area (Å²) in [5, 5.41) is 13.0. The van der Waals surface area contributed by atoms with Crippen LogP contribution in [0.25, 0.3) is 0 Å². The molecule has 1 amide bonds. The summed E-state index contributed by atoms with van der Waals surface area (Å²) in [6.45, 7) is 1.63. The highest BCUT2D eigenvalue weighted by Gasteiger charge is 2.14. The van der Waals surface area contributed by atoms with Crippen LogP contribution in [0.5, 0.6) is 0 Å². The van der Waals surface area contributed by atoms with E-state index in [4.69, 9.17) is 0 Å². The summed E-state index contributed by atoms with van der Waals surface area (Å²) in [5.41, 5.74) is 0.902. The number of carbonyl (C=O) groups excluding carboxylic acids is 1. The molecule has 0 bridgehead atoms. The van der Waals surface area contributed by atoms with Gasteiger partial charge in [0.05, 0.1) is 4.92 Å². The lowest BCUT2D eigenvalue weighted by atomic mass is 10.2. The zero-order valence-corrected chi connectivity index (χ0v) is 8.87. The normalized spacial score (nSPS) is 9.57. The van der Waals surface area contributed by atoms with Crippen LogP contribution in [0.3, 0.4) is 0 Å². The largest absolute Gasteiger partial charge is 0.328 e. The Kier molecular flexibility index (Phi) is 3.19. The van der Waals surface area contributed by atoms with Gasteiger partial charge in [0.2, 0.25) is 6.41 Å². The number of nitro benzene ring substituents is 1. The summed E-state index contributed by atoms with van der Waals surface area (Å²) in [6.07, 6.45) is 0.473. The van der Waals surface area contributed by atoms with Gasteiger partial charge in [0.25, 0.3) is 5.69 Å². The summed E-state index contributed by atoms with van der Waals surface area (Å²) in [7, 11) is 0. The highest BCUT2D eigenvalue weighted by molar-refractivity contribution is 9.10. The molecule has 0 unspecified atom stereocenters. The number of anilines is 1. The van der Waals surface area contributed by atoms with Crippen LogP contribution in [-0.2, 0) is 4.79 Å². The van der Waals surface area contributed by atoms with E-state index in [1.807, 2.05) is 0 Å². The topological polar surface area (TPSA) is 72.2 Å². The highest BCUT2D eigenvalue weighted by atomic mass is 79.9. The van der Waals surface area contributed by atoms with E-state index in [-0.39, 0.29) is 5.69 Å². The van der Waals surface area contributed by atoms with Gasteiger partial charge in [0, 0.05) is 21.8 Å². The second-order valence-electron chi connectivity index (χ2n) is 2.62. The molecule has 5 nitrogen and oxygen atoms in total. The Morgan fingerprint density at radius 3 is 2.71 bits per heavy atom. The first-order chi connectivity index (χ1) is 6.56. The minimum Gasteiger partial charge on any atom is -0.328 e. The third-order valence-corrected chi connectivity index (χ3v) is 2.56. The average molecular weight is 259 g/mol. The van der Waals surface area contributed by atoms with Crippen molar-refractivity contribution in [1.29, 1.82) is 0 Å². The third kappa shape index (κ3) is 2.08. The lowest BCUT2D eigenvalue weighted by Gasteiger charge is -2.03. The minimum atomic E-state index is -0.490. The zero-order valence-electron chi connectivity index (χ0n) is 7.28. The molecule has 0 saturated heterocycles. The van der Waals surface area contributed by atoms with Gasteiger partial charge in [-0.05, 0) is 13.0 Å². The Labute approximate surface area is 88.4 Å². The molecule has 1 aromatic carbocycles. The lowest BCUT2D eigenvalue weighted by molar-refractivity contribution is -0.385. The molecule has 0 fully saturated rings. The summed E-state index contributed by atoms with van der Waals surface area (Å²) in [6, 6.07) is 2.92. The van der Waals surface area contributed by atoms with Gasteiger partial charge in [-0.1, -0.05) is 15.9 Å². The highest BCUT2D eigenvalue weighted by Crippen LogP contribution is 2.29. The van der Waals surface area contributed by atoms with E-state index >= 15 is 0 Å². The molecule has 0 radical (unpaired) electrons. The molecule has 0 spiro atoms. The van der Waals surface area contributed by atoms with Crippen molar-refractivity contribution in [3.05, 3.63) is 32.3 Å². The third-order valence-electron chi connectivity index (χ3n) is 1.74. The molecule has 0 saturated carbocycles. The maximum Gasteiger partial charge on any atom is 0.275 e. The molecule has 1 rings (SSSR count). The van der Waals surface area contributed by atoms with Gasteiger partial charge >= 0.3 is 0 Å². The van der Waals surface area contributed by atoms with Crippen molar-refractivity contribution in [2.45, 2.75) is 6.92 Å². The molecule has 0 aliphatic carbocycles. The van der Waals surface area contributed by atoms with Crippen LogP contribution in [-0.4, -0.2) is 11.3 Å². The molecule has 74 valence electrons. The summed E-state index contributed by atoms with van der Waals surface area (Å²) < 4.78 is 0.594. The number of hydrogen-bond acceptors (Lipinski definition) is 3. The molecule has 0 aromatic heterocycles. The number of benzene rings is 1. The number of nitro groups is 1. The first kappa shape index (κ1) is 10.6. The predicted octanol–water partition coefficient (Wildman–Crippen LogP) is 2.23. The van der Waals surface area contributed by atoms with E-state index in [0.29, 0.717) is 22.1 Å². The minimum absolute atomic E-state index is 0.0243. The maximum atomic E-state index is 10.6. The van der Waals surface area contributed by atoms with Gasteiger partial charge in [-0.15, -0.1) is 0 Å². The van der Waals surface area contributed by atoms with Gasteiger partial charge < -0.3 is 5.32 Å². The molecule has 0 atom stereocenters. The van der Waals surface area contributed by atoms with Crippen molar-refractivity contribution in [2.75, 3.05) is 5.32 Å². The molecule has 14 heavy (non-hydrogen) atoms. The SMILES string of the molecule is Cc1c(Br)cc(NC=O)cc1[N+](=O)[O-]. The Balaban J connectivity index is 3.27. The Morgan fingerprint density at radius 2 is 2.21 bits per heavy atom. The van der Waals surface area contributed by atoms with Crippen LogP contribution in [0.15, 0.2) is 16.6 Å². The van der Waals surface area contributed by atoms with E-state index in [1.165, 1.54) is 6.07 Å². The molecule has 1 aromatic rings. The first-order valence-corrected chi connectivity index (χ1v) is 4.50. The van der Waals surface area contributed by atoms with Crippen molar-refractivity contribution in [3.63, 3.8) is 0 Å².